The number of cyclic esters (lactones) is 1. The number of rotatable bonds is 6. The van der Waals surface area contributed by atoms with Crippen LogP contribution in [0.5, 0.6) is 11.5 Å². The quantitative estimate of drug-likeness (QED) is 0.429. The van der Waals surface area contributed by atoms with Gasteiger partial charge in [-0.3, -0.25) is 0 Å². The molecule has 0 fully saturated rings. The van der Waals surface area contributed by atoms with Crippen molar-refractivity contribution in [1.29, 1.82) is 0 Å². The molecule has 0 bridgehead atoms. The second-order valence-electron chi connectivity index (χ2n) is 5.47. The number of benzene rings is 2. The van der Waals surface area contributed by atoms with E-state index in [2.05, 4.69) is 10.9 Å². The molecule has 2 aromatic rings. The number of ether oxygens (including phenoxy) is 3. The van der Waals surface area contributed by atoms with Gasteiger partial charge < -0.3 is 14.2 Å². The monoisotopic (exact) mass is 381 g/mol. The van der Waals surface area contributed by atoms with Crippen LogP contribution in [0.2, 0.25) is 5.02 Å². The highest BCUT2D eigenvalue weighted by molar-refractivity contribution is 6.30. The van der Waals surface area contributed by atoms with Crippen molar-refractivity contribution in [3.05, 3.63) is 64.3 Å². The predicted octanol–water partition coefficient (Wildman–Crippen LogP) is 4.10. The molecule has 2 aromatic carbocycles. The number of hydrogen-bond acceptors (Lipinski definition) is 5. The number of terminal acetylenes is 1. The molecule has 0 amide bonds. The van der Waals surface area contributed by atoms with E-state index in [1.807, 2.05) is 6.92 Å². The average Bonchev–Trinajstić information content (AvgIpc) is 3.02. The van der Waals surface area contributed by atoms with Gasteiger partial charge in [-0.2, -0.15) is 0 Å². The fraction of sp³-hybridized carbons (Fsp3) is 0.143. The molecule has 5 nitrogen and oxygen atoms in total. The van der Waals surface area contributed by atoms with Crippen LogP contribution < -0.4 is 9.47 Å². The molecule has 0 radical (unpaired) electrons. The van der Waals surface area contributed by atoms with E-state index < -0.39 is 5.97 Å². The lowest BCUT2D eigenvalue weighted by molar-refractivity contribution is -0.129. The van der Waals surface area contributed by atoms with E-state index in [9.17, 15) is 4.79 Å². The van der Waals surface area contributed by atoms with Gasteiger partial charge in [0.2, 0.25) is 5.90 Å². The highest BCUT2D eigenvalue weighted by atomic mass is 35.5. The molecule has 1 aliphatic heterocycles. The zero-order valence-electron chi connectivity index (χ0n) is 14.6. The van der Waals surface area contributed by atoms with Gasteiger partial charge in [0.05, 0.1) is 6.61 Å². The second kappa shape index (κ2) is 8.43. The van der Waals surface area contributed by atoms with Crippen LogP contribution in [0.1, 0.15) is 18.1 Å². The van der Waals surface area contributed by atoms with E-state index >= 15 is 0 Å². The lowest BCUT2D eigenvalue weighted by atomic mass is 10.1. The number of hydrogen-bond donors (Lipinski definition) is 0. The van der Waals surface area contributed by atoms with Crippen LogP contribution in [-0.4, -0.2) is 25.1 Å². The average molecular weight is 382 g/mol. The Bertz CT molecular complexity index is 955. The van der Waals surface area contributed by atoms with E-state index in [0.717, 1.165) is 5.56 Å². The summed E-state index contributed by atoms with van der Waals surface area (Å²) in [7, 11) is 0. The fourth-order valence-corrected chi connectivity index (χ4v) is 2.53. The zero-order valence-corrected chi connectivity index (χ0v) is 15.3. The number of carbonyl (C=O) groups excluding carboxylic acids is 1. The van der Waals surface area contributed by atoms with Gasteiger partial charge in [-0.25, -0.2) is 9.79 Å². The molecule has 0 saturated carbocycles. The standard InChI is InChI=1S/C21H16ClNO4/c1-3-11-26-18-10-5-14(13-19(18)25-4-2)12-17-21(24)27-20(23-17)15-6-8-16(22)9-7-15/h1,5-10,12-13H,4,11H2,2H3/b17-12+. The van der Waals surface area contributed by atoms with E-state index in [-0.39, 0.29) is 18.2 Å². The first-order valence-electron chi connectivity index (χ1n) is 8.22. The maximum Gasteiger partial charge on any atom is 0.363 e. The van der Waals surface area contributed by atoms with Crippen LogP contribution in [0.4, 0.5) is 0 Å². The smallest absolute Gasteiger partial charge is 0.363 e. The van der Waals surface area contributed by atoms with Crippen molar-refractivity contribution in [3.8, 4) is 23.8 Å². The maximum absolute atomic E-state index is 12.1. The van der Waals surface area contributed by atoms with Crippen molar-refractivity contribution in [2.45, 2.75) is 6.92 Å². The Morgan fingerprint density at radius 1 is 1.19 bits per heavy atom. The summed E-state index contributed by atoms with van der Waals surface area (Å²) < 4.78 is 16.3. The maximum atomic E-state index is 12.1. The van der Waals surface area contributed by atoms with Gasteiger partial charge in [0.25, 0.3) is 0 Å². The summed E-state index contributed by atoms with van der Waals surface area (Å²) in [6, 6.07) is 12.2. The number of nitrogens with zero attached hydrogens (tertiary/aromatic N) is 1. The first-order chi connectivity index (χ1) is 13.1. The second-order valence-corrected chi connectivity index (χ2v) is 5.91. The van der Waals surface area contributed by atoms with Gasteiger partial charge in [-0.05, 0) is 55.0 Å². The van der Waals surface area contributed by atoms with Gasteiger partial charge in [0.15, 0.2) is 17.2 Å². The first kappa shape index (κ1) is 18.6. The summed E-state index contributed by atoms with van der Waals surface area (Å²) in [6.45, 7) is 2.47. The first-order valence-corrected chi connectivity index (χ1v) is 8.60. The molecule has 136 valence electrons. The number of aliphatic imine (C=N–C) groups is 1. The largest absolute Gasteiger partial charge is 0.490 e. The van der Waals surface area contributed by atoms with Gasteiger partial charge in [0, 0.05) is 10.6 Å². The molecular weight excluding hydrogens is 366 g/mol. The molecule has 0 spiro atoms. The Labute approximate surface area is 162 Å². The van der Waals surface area contributed by atoms with Gasteiger partial charge in [-0.15, -0.1) is 6.42 Å². The summed E-state index contributed by atoms with van der Waals surface area (Å²) in [4.78, 5) is 16.4. The van der Waals surface area contributed by atoms with Crippen LogP contribution >= 0.6 is 11.6 Å². The molecule has 6 heteroatoms. The number of esters is 1. The third kappa shape index (κ3) is 4.49. The Kier molecular flexibility index (Phi) is 5.80. The van der Waals surface area contributed by atoms with Gasteiger partial charge in [0.1, 0.15) is 6.61 Å². The summed E-state index contributed by atoms with van der Waals surface area (Å²) in [5.41, 5.74) is 1.59. The third-order valence-electron chi connectivity index (χ3n) is 3.59. The molecule has 3 rings (SSSR count). The van der Waals surface area contributed by atoms with Crippen LogP contribution in [0.15, 0.2) is 53.2 Å². The topological polar surface area (TPSA) is 57.1 Å². The molecule has 1 heterocycles. The highest BCUT2D eigenvalue weighted by Gasteiger charge is 2.24. The minimum Gasteiger partial charge on any atom is -0.490 e. The molecule has 0 atom stereocenters. The molecule has 1 aliphatic rings. The molecule has 0 aliphatic carbocycles. The lowest BCUT2D eigenvalue weighted by Gasteiger charge is -2.10. The van der Waals surface area contributed by atoms with Gasteiger partial charge >= 0.3 is 5.97 Å². The summed E-state index contributed by atoms with van der Waals surface area (Å²) in [5.74, 6) is 3.20. The number of halogens is 1. The van der Waals surface area contributed by atoms with E-state index in [4.69, 9.17) is 32.2 Å². The lowest BCUT2D eigenvalue weighted by Crippen LogP contribution is -2.05. The Morgan fingerprint density at radius 3 is 2.67 bits per heavy atom. The summed E-state index contributed by atoms with van der Waals surface area (Å²) in [6.07, 6.45) is 6.85. The van der Waals surface area contributed by atoms with Crippen LogP contribution in [0.25, 0.3) is 6.08 Å². The molecule has 0 aromatic heterocycles. The van der Waals surface area contributed by atoms with Crippen molar-refractivity contribution < 1.29 is 19.0 Å². The Balaban J connectivity index is 1.88. The summed E-state index contributed by atoms with van der Waals surface area (Å²) >= 11 is 5.88. The molecule has 0 N–H and O–H groups in total. The summed E-state index contributed by atoms with van der Waals surface area (Å²) in [5, 5.41) is 0.593. The normalized spacial score (nSPS) is 14.5. The molecule has 27 heavy (non-hydrogen) atoms. The van der Waals surface area contributed by atoms with Crippen molar-refractivity contribution in [2.75, 3.05) is 13.2 Å². The van der Waals surface area contributed by atoms with E-state index in [1.54, 1.807) is 48.5 Å². The molecule has 0 unspecified atom stereocenters. The minimum atomic E-state index is -0.523. The van der Waals surface area contributed by atoms with Crippen molar-refractivity contribution in [1.82, 2.24) is 0 Å². The van der Waals surface area contributed by atoms with Crippen molar-refractivity contribution in [2.24, 2.45) is 4.99 Å². The van der Waals surface area contributed by atoms with E-state index in [0.29, 0.717) is 28.7 Å². The zero-order chi connectivity index (χ0) is 19.2. The van der Waals surface area contributed by atoms with Crippen LogP contribution in [0.3, 0.4) is 0 Å². The molecule has 0 saturated heterocycles. The molecular formula is C21H16ClNO4. The van der Waals surface area contributed by atoms with Crippen molar-refractivity contribution in [3.63, 3.8) is 0 Å². The van der Waals surface area contributed by atoms with Crippen LogP contribution in [-0.2, 0) is 9.53 Å². The minimum absolute atomic E-state index is 0.140. The Hall–Kier alpha value is -3.23. The fourth-order valence-electron chi connectivity index (χ4n) is 2.40. The SMILES string of the molecule is C#CCOc1ccc(/C=C2/N=C(c3ccc(Cl)cc3)OC2=O)cc1OCC. The third-order valence-corrected chi connectivity index (χ3v) is 3.85. The van der Waals surface area contributed by atoms with Crippen LogP contribution in [0, 0.1) is 12.3 Å². The number of carbonyl (C=O) groups is 1. The Morgan fingerprint density at radius 2 is 1.96 bits per heavy atom. The van der Waals surface area contributed by atoms with Gasteiger partial charge in [-0.1, -0.05) is 23.6 Å². The van der Waals surface area contributed by atoms with Crippen molar-refractivity contribution >= 4 is 29.5 Å². The highest BCUT2D eigenvalue weighted by Crippen LogP contribution is 2.30. The predicted molar refractivity (Wildman–Crippen MR) is 104 cm³/mol. The van der Waals surface area contributed by atoms with E-state index in [1.165, 1.54) is 0 Å².